The van der Waals surface area contributed by atoms with E-state index in [4.69, 9.17) is 5.73 Å². The molecule has 0 amide bonds. The number of halogens is 1. The number of H-pyrrole nitrogens is 1. The topological polar surface area (TPSA) is 80.5 Å². The normalized spacial score (nSPS) is 11.1. The summed E-state index contributed by atoms with van der Waals surface area (Å²) in [5.41, 5.74) is 6.99. The first kappa shape index (κ1) is 9.73. The van der Waals surface area contributed by atoms with Gasteiger partial charge in [-0.2, -0.15) is 0 Å². The second-order valence-electron chi connectivity index (χ2n) is 3.14. The van der Waals surface area contributed by atoms with E-state index in [9.17, 15) is 0 Å². The summed E-state index contributed by atoms with van der Waals surface area (Å²) in [6.45, 7) is 0. The minimum Gasteiger partial charge on any atom is -0.382 e. The minimum absolute atomic E-state index is 0.413. The van der Waals surface area contributed by atoms with Crippen molar-refractivity contribution in [1.82, 2.24) is 19.9 Å². The van der Waals surface area contributed by atoms with Crippen molar-refractivity contribution in [2.24, 2.45) is 0 Å². The average molecular weight is 296 g/mol. The van der Waals surface area contributed by atoms with Crippen LogP contribution in [0.25, 0.3) is 21.9 Å². The van der Waals surface area contributed by atoms with E-state index in [1.54, 1.807) is 11.3 Å². The number of hydrogen-bond acceptors (Lipinski definition) is 5. The van der Waals surface area contributed by atoms with Crippen LogP contribution in [0.5, 0.6) is 0 Å². The maximum absolute atomic E-state index is 5.73. The van der Waals surface area contributed by atoms with Gasteiger partial charge in [0, 0.05) is 4.47 Å². The van der Waals surface area contributed by atoms with Crippen LogP contribution in [0.2, 0.25) is 0 Å². The lowest BCUT2D eigenvalue weighted by atomic mass is 10.4. The Morgan fingerprint density at radius 3 is 2.94 bits per heavy atom. The number of aromatic amines is 1. The molecule has 5 nitrogen and oxygen atoms in total. The molecular weight excluding hydrogens is 290 g/mol. The SMILES string of the molecule is Nc1ncnc2nc(-c3sccc3Br)[nH]c12. The van der Waals surface area contributed by atoms with Crippen LogP contribution in [-0.2, 0) is 0 Å². The van der Waals surface area contributed by atoms with Gasteiger partial charge >= 0.3 is 0 Å². The van der Waals surface area contributed by atoms with E-state index in [1.165, 1.54) is 6.33 Å². The highest BCUT2D eigenvalue weighted by molar-refractivity contribution is 9.10. The molecule has 0 radical (unpaired) electrons. The van der Waals surface area contributed by atoms with Crippen molar-refractivity contribution in [2.45, 2.75) is 0 Å². The number of fused-ring (bicyclic) bond motifs is 1. The summed E-state index contributed by atoms with van der Waals surface area (Å²) >= 11 is 5.06. The van der Waals surface area contributed by atoms with Crippen LogP contribution in [-0.4, -0.2) is 19.9 Å². The van der Waals surface area contributed by atoms with Gasteiger partial charge in [0.25, 0.3) is 0 Å². The summed E-state index contributed by atoms with van der Waals surface area (Å²) < 4.78 is 1.00. The number of hydrogen-bond donors (Lipinski definition) is 2. The minimum atomic E-state index is 0.413. The first-order valence-electron chi connectivity index (χ1n) is 4.45. The van der Waals surface area contributed by atoms with Gasteiger partial charge in [-0.1, -0.05) is 0 Å². The van der Waals surface area contributed by atoms with Crippen LogP contribution in [0.1, 0.15) is 0 Å². The van der Waals surface area contributed by atoms with Gasteiger partial charge < -0.3 is 10.7 Å². The quantitative estimate of drug-likeness (QED) is 0.722. The van der Waals surface area contributed by atoms with E-state index in [2.05, 4.69) is 35.9 Å². The van der Waals surface area contributed by atoms with Crippen molar-refractivity contribution in [2.75, 3.05) is 5.73 Å². The lowest BCUT2D eigenvalue weighted by molar-refractivity contribution is 1.21. The second kappa shape index (κ2) is 3.53. The maximum atomic E-state index is 5.73. The zero-order valence-electron chi connectivity index (χ0n) is 7.94. The summed E-state index contributed by atoms with van der Waals surface area (Å²) in [4.78, 5) is 16.5. The standard InChI is InChI=1S/C9H6BrN5S/c10-4-1-2-16-6(4)9-14-5-7(11)12-3-13-8(5)15-9/h1-3H,(H3,11,12,13,14,15). The van der Waals surface area contributed by atoms with Gasteiger partial charge in [0.1, 0.15) is 11.8 Å². The Morgan fingerprint density at radius 1 is 1.38 bits per heavy atom. The van der Waals surface area contributed by atoms with Crippen molar-refractivity contribution < 1.29 is 0 Å². The first-order valence-corrected chi connectivity index (χ1v) is 6.12. The van der Waals surface area contributed by atoms with Crippen LogP contribution >= 0.6 is 27.3 Å². The highest BCUT2D eigenvalue weighted by atomic mass is 79.9. The van der Waals surface area contributed by atoms with Crippen LogP contribution < -0.4 is 5.73 Å². The largest absolute Gasteiger partial charge is 0.382 e. The van der Waals surface area contributed by atoms with Crippen LogP contribution in [0.3, 0.4) is 0 Å². The Hall–Kier alpha value is -1.47. The van der Waals surface area contributed by atoms with Crippen molar-refractivity contribution in [3.05, 3.63) is 22.2 Å². The molecule has 3 aromatic rings. The van der Waals surface area contributed by atoms with E-state index in [0.717, 1.165) is 15.2 Å². The Kier molecular flexibility index (Phi) is 2.15. The monoisotopic (exact) mass is 295 g/mol. The summed E-state index contributed by atoms with van der Waals surface area (Å²) in [6.07, 6.45) is 1.41. The van der Waals surface area contributed by atoms with E-state index >= 15 is 0 Å². The third-order valence-electron chi connectivity index (χ3n) is 2.15. The predicted molar refractivity (Wildman–Crippen MR) is 67.1 cm³/mol. The zero-order valence-corrected chi connectivity index (χ0v) is 10.3. The molecule has 7 heteroatoms. The molecule has 0 aromatic carbocycles. The number of rotatable bonds is 1. The van der Waals surface area contributed by atoms with Gasteiger partial charge in [-0.3, -0.25) is 0 Å². The van der Waals surface area contributed by atoms with Gasteiger partial charge in [0.05, 0.1) is 4.88 Å². The highest BCUT2D eigenvalue weighted by Gasteiger charge is 2.12. The van der Waals surface area contributed by atoms with Gasteiger partial charge in [-0.25, -0.2) is 15.0 Å². The summed E-state index contributed by atoms with van der Waals surface area (Å²) in [6, 6.07) is 1.97. The van der Waals surface area contributed by atoms with Gasteiger partial charge in [0.2, 0.25) is 0 Å². The van der Waals surface area contributed by atoms with Gasteiger partial charge in [-0.05, 0) is 27.4 Å². The summed E-state index contributed by atoms with van der Waals surface area (Å²) in [7, 11) is 0. The average Bonchev–Trinajstić information content (AvgIpc) is 2.84. The van der Waals surface area contributed by atoms with E-state index < -0.39 is 0 Å². The molecule has 0 unspecified atom stereocenters. The van der Waals surface area contributed by atoms with Crippen molar-refractivity contribution >= 4 is 44.2 Å². The summed E-state index contributed by atoms with van der Waals surface area (Å²) in [5, 5.41) is 1.99. The third-order valence-corrected chi connectivity index (χ3v) is 3.99. The first-order chi connectivity index (χ1) is 7.75. The predicted octanol–water partition coefficient (Wildman–Crippen LogP) is 2.43. The number of anilines is 1. The lowest BCUT2D eigenvalue weighted by Crippen LogP contribution is -1.91. The maximum Gasteiger partial charge on any atom is 0.183 e. The number of nitrogens with zero attached hydrogens (tertiary/aromatic N) is 3. The van der Waals surface area contributed by atoms with Gasteiger partial charge in [0.15, 0.2) is 17.3 Å². The molecule has 0 aliphatic rings. The number of nitrogens with one attached hydrogen (secondary N) is 1. The molecule has 0 fully saturated rings. The molecule has 0 spiro atoms. The highest BCUT2D eigenvalue weighted by Crippen LogP contribution is 2.32. The molecule has 0 saturated heterocycles. The van der Waals surface area contributed by atoms with Crippen molar-refractivity contribution in [3.63, 3.8) is 0 Å². The summed E-state index contributed by atoms with van der Waals surface area (Å²) in [5.74, 6) is 1.17. The molecule has 3 aromatic heterocycles. The molecule has 3 heterocycles. The zero-order chi connectivity index (χ0) is 11.1. The Morgan fingerprint density at radius 2 is 2.25 bits per heavy atom. The van der Waals surface area contributed by atoms with E-state index in [-0.39, 0.29) is 0 Å². The molecular formula is C9H6BrN5S. The number of nitrogen functional groups attached to an aromatic ring is 1. The molecule has 3 N–H and O–H groups in total. The molecule has 0 atom stereocenters. The Balaban J connectivity index is 2.27. The second-order valence-corrected chi connectivity index (χ2v) is 4.91. The molecule has 80 valence electrons. The number of imidazole rings is 1. The number of nitrogens with two attached hydrogens (primary N) is 1. The molecule has 0 aliphatic heterocycles. The molecule has 0 aliphatic carbocycles. The van der Waals surface area contributed by atoms with Crippen molar-refractivity contribution in [3.8, 4) is 10.7 Å². The number of thiophene rings is 1. The molecule has 16 heavy (non-hydrogen) atoms. The van der Waals surface area contributed by atoms with E-state index in [1.807, 2.05) is 11.4 Å². The Bertz CT molecular complexity index is 659. The fraction of sp³-hybridized carbons (Fsp3) is 0. The smallest absolute Gasteiger partial charge is 0.183 e. The Labute approximate surface area is 103 Å². The third kappa shape index (κ3) is 1.40. The van der Waals surface area contributed by atoms with Gasteiger partial charge in [-0.15, -0.1) is 11.3 Å². The van der Waals surface area contributed by atoms with Crippen LogP contribution in [0.15, 0.2) is 22.2 Å². The number of aromatic nitrogens is 4. The fourth-order valence-corrected chi connectivity index (χ4v) is 2.92. The van der Waals surface area contributed by atoms with Crippen LogP contribution in [0, 0.1) is 0 Å². The molecule has 0 saturated carbocycles. The van der Waals surface area contributed by atoms with E-state index in [0.29, 0.717) is 17.0 Å². The van der Waals surface area contributed by atoms with Crippen LogP contribution in [0.4, 0.5) is 5.82 Å². The lowest BCUT2D eigenvalue weighted by Gasteiger charge is -1.91. The fourth-order valence-electron chi connectivity index (χ4n) is 1.42. The molecule has 0 bridgehead atoms. The molecule has 3 rings (SSSR count). The van der Waals surface area contributed by atoms with Crippen molar-refractivity contribution in [1.29, 1.82) is 0 Å².